The van der Waals surface area contributed by atoms with Gasteiger partial charge in [0.1, 0.15) is 0 Å². The van der Waals surface area contributed by atoms with Crippen molar-refractivity contribution in [2.75, 3.05) is 5.75 Å². The van der Waals surface area contributed by atoms with Gasteiger partial charge in [-0.05, 0) is 103 Å². The van der Waals surface area contributed by atoms with E-state index in [1.54, 1.807) is 0 Å². The molecule has 0 unspecified atom stereocenters. The number of benzene rings is 4. The SMILES string of the molecule is CCCCCCCCCCCCSc1ccc(-c2ccc([S+](c3ccc(Cl)cc3)c3ccc(Cl)cc3)cc2)c(Cl)c1. The van der Waals surface area contributed by atoms with Crippen LogP contribution in [0, 0.1) is 0 Å². The molecule has 0 aliphatic carbocycles. The molecule has 0 aromatic heterocycles. The van der Waals surface area contributed by atoms with Gasteiger partial charge < -0.3 is 0 Å². The fourth-order valence-electron chi connectivity index (χ4n) is 4.92. The van der Waals surface area contributed by atoms with Crippen LogP contribution in [0.15, 0.2) is 111 Å². The minimum absolute atomic E-state index is 0.269. The maximum absolute atomic E-state index is 6.79. The van der Waals surface area contributed by atoms with E-state index < -0.39 is 0 Å². The van der Waals surface area contributed by atoms with Crippen molar-refractivity contribution in [1.29, 1.82) is 0 Å². The first-order valence-corrected chi connectivity index (χ1v) is 18.2. The quantitative estimate of drug-likeness (QED) is 0.0665. The van der Waals surface area contributed by atoms with Crippen LogP contribution in [0.3, 0.4) is 0 Å². The van der Waals surface area contributed by atoms with E-state index in [1.807, 2.05) is 36.0 Å². The second-order valence-corrected chi connectivity index (χ2v) is 14.9. The van der Waals surface area contributed by atoms with Gasteiger partial charge in [0.05, 0.1) is 10.9 Å². The summed E-state index contributed by atoms with van der Waals surface area (Å²) in [6.45, 7) is 2.28. The number of hydrogen-bond donors (Lipinski definition) is 0. The van der Waals surface area contributed by atoms with Crippen molar-refractivity contribution < 1.29 is 0 Å². The highest BCUT2D eigenvalue weighted by molar-refractivity contribution is 7.99. The van der Waals surface area contributed by atoms with Crippen LogP contribution in [0.25, 0.3) is 11.1 Å². The first-order valence-electron chi connectivity index (χ1n) is 14.8. The zero-order valence-electron chi connectivity index (χ0n) is 23.9. The second-order valence-electron chi connectivity index (χ2n) is 10.4. The molecule has 4 aromatic carbocycles. The Kier molecular flexibility index (Phi) is 13.8. The molecular formula is C36H40Cl3S2+. The molecule has 0 saturated carbocycles. The first-order chi connectivity index (χ1) is 20.0. The standard InChI is InChI=1S/C36H40Cl3S2/c1-2-3-4-5-6-7-8-9-10-11-26-40-31-18-25-35(36(39)27-31)28-12-19-32(20-13-28)41(33-21-14-29(37)15-22-33)34-23-16-30(38)17-24-34/h12-25,27H,2-11,26H2,1H3/q+1. The maximum atomic E-state index is 6.79. The van der Waals surface area contributed by atoms with E-state index in [2.05, 4.69) is 73.7 Å². The molecule has 4 rings (SSSR count). The third-order valence-corrected chi connectivity index (χ3v) is 11.3. The van der Waals surface area contributed by atoms with Crippen molar-refractivity contribution in [2.24, 2.45) is 0 Å². The molecule has 0 bridgehead atoms. The molecule has 0 spiro atoms. The number of thioether (sulfide) groups is 1. The number of halogens is 3. The van der Waals surface area contributed by atoms with Crippen molar-refractivity contribution in [3.63, 3.8) is 0 Å². The predicted octanol–water partition coefficient (Wildman–Crippen LogP) is 13.4. The summed E-state index contributed by atoms with van der Waals surface area (Å²) in [6.07, 6.45) is 13.7. The van der Waals surface area contributed by atoms with Crippen LogP contribution in [0.5, 0.6) is 0 Å². The Morgan fingerprint density at radius 2 is 1.00 bits per heavy atom. The highest BCUT2D eigenvalue weighted by atomic mass is 35.5. The van der Waals surface area contributed by atoms with Crippen LogP contribution in [-0.2, 0) is 10.9 Å². The first kappa shape index (κ1) is 32.4. The molecule has 41 heavy (non-hydrogen) atoms. The molecule has 0 aliphatic heterocycles. The van der Waals surface area contributed by atoms with Gasteiger partial charge in [0.15, 0.2) is 14.7 Å². The lowest BCUT2D eigenvalue weighted by atomic mass is 10.1. The Bertz CT molecular complexity index is 1270. The van der Waals surface area contributed by atoms with E-state index in [0.717, 1.165) is 31.9 Å². The van der Waals surface area contributed by atoms with Crippen LogP contribution in [0.2, 0.25) is 15.1 Å². The smallest absolute Gasteiger partial charge is 0.126 e. The molecule has 0 radical (unpaired) electrons. The molecule has 4 aromatic rings. The van der Waals surface area contributed by atoms with Gasteiger partial charge in [0.25, 0.3) is 0 Å². The van der Waals surface area contributed by atoms with Crippen LogP contribution in [0.1, 0.15) is 71.1 Å². The fourth-order valence-corrected chi connectivity index (χ4v) is 8.52. The van der Waals surface area contributed by atoms with Crippen molar-refractivity contribution in [3.05, 3.63) is 106 Å². The van der Waals surface area contributed by atoms with Gasteiger partial charge in [-0.3, -0.25) is 0 Å². The van der Waals surface area contributed by atoms with Crippen LogP contribution < -0.4 is 0 Å². The Hall–Kier alpha value is -1.55. The highest BCUT2D eigenvalue weighted by Crippen LogP contribution is 2.36. The molecule has 0 atom stereocenters. The number of rotatable bonds is 16. The summed E-state index contributed by atoms with van der Waals surface area (Å²) in [7, 11) is -0.269. The normalized spacial score (nSPS) is 11.3. The molecule has 0 amide bonds. The van der Waals surface area contributed by atoms with Gasteiger partial charge in [-0.2, -0.15) is 0 Å². The molecule has 0 N–H and O–H groups in total. The molecule has 0 fully saturated rings. The monoisotopic (exact) mass is 641 g/mol. The summed E-state index contributed by atoms with van der Waals surface area (Å²) >= 11 is 21.1. The summed E-state index contributed by atoms with van der Waals surface area (Å²) in [5.74, 6) is 1.15. The predicted molar refractivity (Wildman–Crippen MR) is 185 cm³/mol. The fraction of sp³-hybridized carbons (Fsp3) is 0.333. The second kappa shape index (κ2) is 17.5. The third-order valence-electron chi connectivity index (χ3n) is 7.21. The summed E-state index contributed by atoms with van der Waals surface area (Å²) in [6, 6.07) is 31.5. The number of hydrogen-bond acceptors (Lipinski definition) is 1. The largest absolute Gasteiger partial charge is 0.166 e. The van der Waals surface area contributed by atoms with Gasteiger partial charge in [-0.25, -0.2) is 0 Å². The Morgan fingerprint density at radius 1 is 0.537 bits per heavy atom. The van der Waals surface area contributed by atoms with Crippen LogP contribution in [0.4, 0.5) is 0 Å². The maximum Gasteiger partial charge on any atom is 0.166 e. The van der Waals surface area contributed by atoms with E-state index in [9.17, 15) is 0 Å². The lowest BCUT2D eigenvalue weighted by Crippen LogP contribution is -2.04. The highest BCUT2D eigenvalue weighted by Gasteiger charge is 2.28. The van der Waals surface area contributed by atoms with Gasteiger partial charge in [-0.15, -0.1) is 11.8 Å². The summed E-state index contributed by atoms with van der Waals surface area (Å²) in [5.41, 5.74) is 2.19. The number of unbranched alkanes of at least 4 members (excludes halogenated alkanes) is 9. The van der Waals surface area contributed by atoms with Gasteiger partial charge >= 0.3 is 0 Å². The zero-order chi connectivity index (χ0) is 28.9. The van der Waals surface area contributed by atoms with E-state index >= 15 is 0 Å². The Morgan fingerprint density at radius 3 is 1.49 bits per heavy atom. The molecule has 216 valence electrons. The van der Waals surface area contributed by atoms with E-state index in [0.29, 0.717) is 0 Å². The third kappa shape index (κ3) is 10.3. The van der Waals surface area contributed by atoms with Gasteiger partial charge in [0.2, 0.25) is 0 Å². The van der Waals surface area contributed by atoms with Crippen molar-refractivity contribution in [3.8, 4) is 11.1 Å². The molecule has 0 heterocycles. The van der Waals surface area contributed by atoms with Gasteiger partial charge in [0, 0.05) is 25.5 Å². The van der Waals surface area contributed by atoms with E-state index in [-0.39, 0.29) is 10.9 Å². The summed E-state index contributed by atoms with van der Waals surface area (Å²) in [4.78, 5) is 4.91. The van der Waals surface area contributed by atoms with Crippen molar-refractivity contribution in [2.45, 2.75) is 90.7 Å². The van der Waals surface area contributed by atoms with Gasteiger partial charge in [-0.1, -0.05) is 106 Å². The molecular weight excluding hydrogens is 603 g/mol. The van der Waals surface area contributed by atoms with Crippen LogP contribution in [-0.4, -0.2) is 5.75 Å². The summed E-state index contributed by atoms with van der Waals surface area (Å²) in [5, 5.41) is 2.28. The molecule has 0 nitrogen and oxygen atoms in total. The Balaban J connectivity index is 1.33. The summed E-state index contributed by atoms with van der Waals surface area (Å²) < 4.78 is 0. The zero-order valence-corrected chi connectivity index (χ0v) is 27.8. The molecule has 0 saturated heterocycles. The van der Waals surface area contributed by atoms with Crippen molar-refractivity contribution >= 4 is 57.5 Å². The average Bonchev–Trinajstić information content (AvgIpc) is 2.98. The Labute approximate surface area is 269 Å². The van der Waals surface area contributed by atoms with E-state index in [1.165, 1.54) is 83.8 Å². The van der Waals surface area contributed by atoms with Crippen molar-refractivity contribution in [1.82, 2.24) is 0 Å². The lowest BCUT2D eigenvalue weighted by Gasteiger charge is -2.11. The molecule has 5 heteroatoms. The van der Waals surface area contributed by atoms with Crippen LogP contribution >= 0.6 is 46.6 Å². The minimum Gasteiger partial charge on any atom is -0.126 e. The molecule has 0 aliphatic rings. The van der Waals surface area contributed by atoms with E-state index in [4.69, 9.17) is 34.8 Å². The lowest BCUT2D eigenvalue weighted by molar-refractivity contribution is 0.563. The topological polar surface area (TPSA) is 0 Å². The average molecular weight is 643 g/mol. The minimum atomic E-state index is -0.269.